The van der Waals surface area contributed by atoms with Crippen LogP contribution in [0.3, 0.4) is 0 Å². The summed E-state index contributed by atoms with van der Waals surface area (Å²) in [7, 11) is -1.91. The molecule has 0 bridgehead atoms. The van der Waals surface area contributed by atoms with E-state index in [4.69, 9.17) is 23.7 Å². The van der Waals surface area contributed by atoms with Gasteiger partial charge in [-0.1, -0.05) is 31.7 Å². The Morgan fingerprint density at radius 2 is 1.88 bits per heavy atom. The van der Waals surface area contributed by atoms with Crippen molar-refractivity contribution in [2.45, 2.75) is 81.2 Å². The fourth-order valence-corrected chi connectivity index (χ4v) is 7.06. The molecule has 0 spiro atoms. The first-order chi connectivity index (χ1) is 16.1. The van der Waals surface area contributed by atoms with Crippen LogP contribution < -0.4 is 0 Å². The Morgan fingerprint density at radius 1 is 1.15 bits per heavy atom. The van der Waals surface area contributed by atoms with Crippen molar-refractivity contribution in [3.8, 4) is 0 Å². The van der Waals surface area contributed by atoms with Crippen molar-refractivity contribution in [2.75, 3.05) is 26.1 Å². The Bertz CT molecular complexity index is 945. The van der Waals surface area contributed by atoms with Gasteiger partial charge in [-0.3, -0.25) is 0 Å². The van der Waals surface area contributed by atoms with Crippen LogP contribution >= 0.6 is 0 Å². The average molecular weight is 495 g/mol. The fourth-order valence-electron chi connectivity index (χ4n) is 5.38. The van der Waals surface area contributed by atoms with Gasteiger partial charge in [-0.15, -0.1) is 0 Å². The molecule has 3 aliphatic heterocycles. The van der Waals surface area contributed by atoms with E-state index in [9.17, 15) is 8.42 Å². The first-order valence-electron chi connectivity index (χ1n) is 12.2. The molecule has 0 aliphatic carbocycles. The molecule has 1 aromatic carbocycles. The number of sulfone groups is 1. The van der Waals surface area contributed by atoms with Gasteiger partial charge >= 0.3 is 0 Å². The highest BCUT2D eigenvalue weighted by Gasteiger charge is 2.49. The van der Waals surface area contributed by atoms with E-state index in [2.05, 4.69) is 13.5 Å². The van der Waals surface area contributed by atoms with Crippen LogP contribution in [0.2, 0.25) is 0 Å². The zero-order valence-corrected chi connectivity index (χ0v) is 21.5. The minimum absolute atomic E-state index is 0.0566. The zero-order chi connectivity index (χ0) is 24.5. The summed E-state index contributed by atoms with van der Waals surface area (Å²) in [6.07, 6.45) is 0.764. The molecule has 7 atom stereocenters. The fraction of sp³-hybridized carbons (Fsp3) is 0.692. The van der Waals surface area contributed by atoms with Crippen molar-refractivity contribution in [3.63, 3.8) is 0 Å². The van der Waals surface area contributed by atoms with Gasteiger partial charge in [0, 0.05) is 32.5 Å². The molecule has 0 radical (unpaired) electrons. The van der Waals surface area contributed by atoms with Crippen molar-refractivity contribution < 1.29 is 32.1 Å². The van der Waals surface area contributed by atoms with Crippen LogP contribution in [0, 0.1) is 11.8 Å². The first kappa shape index (κ1) is 25.8. The molecule has 190 valence electrons. The summed E-state index contributed by atoms with van der Waals surface area (Å²) in [5, 5.41) is 0. The van der Waals surface area contributed by atoms with Gasteiger partial charge in [-0.2, -0.15) is 0 Å². The number of hydrogen-bond acceptors (Lipinski definition) is 7. The Labute approximate surface area is 203 Å². The largest absolute Gasteiger partial charge is 0.378 e. The van der Waals surface area contributed by atoms with Crippen molar-refractivity contribution in [3.05, 3.63) is 42.5 Å². The standard InChI is InChI=1S/C26H38O7S/c1-17-11-12-30-22(18(17)2)14-23-21(16-34(27,28)20-9-7-6-8-10-20)25(29-5)24(32-23)13-19-15-31-26(3,4)33-19/h6-10,17,19,21-25H,2,11-16H2,1,3-5H3/t17-,19+,21+,22-,23+,24-,25-/m1/s1. The molecular weight excluding hydrogens is 456 g/mol. The van der Waals surface area contributed by atoms with E-state index in [1.54, 1.807) is 31.4 Å². The summed E-state index contributed by atoms with van der Waals surface area (Å²) >= 11 is 0. The SMILES string of the molecule is C=C1[C@H](C)CCO[C@@H]1C[C@@H]1O[C@H](C[C@H]2COC(C)(C)O2)[C@H](OC)[C@H]1CS(=O)(=O)c1ccccc1. The van der Waals surface area contributed by atoms with E-state index in [1.807, 2.05) is 19.9 Å². The maximum absolute atomic E-state index is 13.3. The minimum Gasteiger partial charge on any atom is -0.378 e. The third-order valence-electron chi connectivity index (χ3n) is 7.33. The number of rotatable bonds is 8. The van der Waals surface area contributed by atoms with Crippen molar-refractivity contribution in [1.82, 2.24) is 0 Å². The number of methoxy groups -OCH3 is 1. The molecule has 0 saturated carbocycles. The smallest absolute Gasteiger partial charge is 0.178 e. The van der Waals surface area contributed by atoms with Gasteiger partial charge in [-0.25, -0.2) is 8.42 Å². The minimum atomic E-state index is -3.53. The summed E-state index contributed by atoms with van der Waals surface area (Å²) in [5.74, 6) is -0.666. The van der Waals surface area contributed by atoms with Crippen LogP contribution in [-0.2, 0) is 33.5 Å². The Kier molecular flexibility index (Phi) is 7.86. The molecule has 0 unspecified atom stereocenters. The van der Waals surface area contributed by atoms with Crippen LogP contribution in [0.1, 0.15) is 40.0 Å². The molecule has 0 amide bonds. The Hall–Kier alpha value is -1.29. The lowest BCUT2D eigenvalue weighted by molar-refractivity contribution is -0.144. The van der Waals surface area contributed by atoms with Gasteiger partial charge in [-0.05, 0) is 43.9 Å². The maximum atomic E-state index is 13.3. The van der Waals surface area contributed by atoms with Crippen LogP contribution in [0.5, 0.6) is 0 Å². The second-order valence-corrected chi connectivity index (χ2v) is 12.3. The van der Waals surface area contributed by atoms with E-state index in [-0.39, 0.29) is 42.2 Å². The highest BCUT2D eigenvalue weighted by molar-refractivity contribution is 7.91. The van der Waals surface area contributed by atoms with Crippen LogP contribution in [0.4, 0.5) is 0 Å². The van der Waals surface area contributed by atoms with Gasteiger partial charge in [0.25, 0.3) is 0 Å². The molecule has 3 saturated heterocycles. The third-order valence-corrected chi connectivity index (χ3v) is 9.14. The van der Waals surface area contributed by atoms with E-state index in [0.29, 0.717) is 36.9 Å². The quantitative estimate of drug-likeness (QED) is 0.509. The number of ether oxygens (including phenoxy) is 5. The van der Waals surface area contributed by atoms with E-state index in [0.717, 1.165) is 12.0 Å². The van der Waals surface area contributed by atoms with E-state index >= 15 is 0 Å². The summed E-state index contributed by atoms with van der Waals surface area (Å²) in [6, 6.07) is 8.57. The van der Waals surface area contributed by atoms with Crippen LogP contribution in [0.25, 0.3) is 0 Å². The monoisotopic (exact) mass is 494 g/mol. The van der Waals surface area contributed by atoms with Gasteiger partial charge in [0.1, 0.15) is 0 Å². The van der Waals surface area contributed by atoms with Gasteiger partial charge in [0.2, 0.25) is 0 Å². The average Bonchev–Trinajstić information content (AvgIpc) is 3.30. The zero-order valence-electron chi connectivity index (χ0n) is 20.6. The van der Waals surface area contributed by atoms with Gasteiger partial charge in [0.05, 0.1) is 47.8 Å². The lowest BCUT2D eigenvalue weighted by Gasteiger charge is -2.33. The molecule has 0 N–H and O–H groups in total. The Morgan fingerprint density at radius 3 is 2.53 bits per heavy atom. The molecule has 8 heteroatoms. The van der Waals surface area contributed by atoms with Gasteiger partial charge < -0.3 is 23.7 Å². The lowest BCUT2D eigenvalue weighted by Crippen LogP contribution is -2.38. The molecule has 4 rings (SSSR count). The first-order valence-corrected chi connectivity index (χ1v) is 13.8. The molecule has 3 heterocycles. The summed E-state index contributed by atoms with van der Waals surface area (Å²) in [4.78, 5) is 0.313. The summed E-state index contributed by atoms with van der Waals surface area (Å²) in [5.41, 5.74) is 1.05. The van der Waals surface area contributed by atoms with Crippen molar-refractivity contribution in [2.24, 2.45) is 11.8 Å². The number of benzene rings is 1. The highest BCUT2D eigenvalue weighted by atomic mass is 32.2. The summed E-state index contributed by atoms with van der Waals surface area (Å²) in [6.45, 7) is 11.3. The van der Waals surface area contributed by atoms with Crippen molar-refractivity contribution in [1.29, 1.82) is 0 Å². The summed E-state index contributed by atoms with van der Waals surface area (Å²) < 4.78 is 56.9. The predicted molar refractivity (Wildman–Crippen MR) is 128 cm³/mol. The highest BCUT2D eigenvalue weighted by Crippen LogP contribution is 2.40. The second-order valence-electron chi connectivity index (χ2n) is 10.2. The Balaban J connectivity index is 1.56. The maximum Gasteiger partial charge on any atom is 0.178 e. The van der Waals surface area contributed by atoms with Crippen LogP contribution in [-0.4, -0.2) is 70.8 Å². The second kappa shape index (κ2) is 10.4. The molecule has 3 fully saturated rings. The van der Waals surface area contributed by atoms with Crippen molar-refractivity contribution >= 4 is 9.84 Å². The molecule has 1 aromatic rings. The molecule has 3 aliphatic rings. The lowest BCUT2D eigenvalue weighted by atomic mass is 9.86. The predicted octanol–water partition coefficient (Wildman–Crippen LogP) is 3.77. The number of hydrogen-bond donors (Lipinski definition) is 0. The topological polar surface area (TPSA) is 80.3 Å². The molecule has 7 nitrogen and oxygen atoms in total. The van der Waals surface area contributed by atoms with Gasteiger partial charge in [0.15, 0.2) is 15.6 Å². The van der Waals surface area contributed by atoms with Crippen LogP contribution in [0.15, 0.2) is 47.4 Å². The van der Waals surface area contributed by atoms with E-state index < -0.39 is 15.6 Å². The molecule has 34 heavy (non-hydrogen) atoms. The van der Waals surface area contributed by atoms with E-state index in [1.165, 1.54) is 0 Å². The normalized spacial score (nSPS) is 36.1. The molecule has 0 aromatic heterocycles. The third kappa shape index (κ3) is 5.74. The molecular formula is C26H38O7S.